The fourth-order valence-electron chi connectivity index (χ4n) is 4.14. The highest BCUT2D eigenvalue weighted by molar-refractivity contribution is 5.08. The maximum absolute atomic E-state index is 6.30. The van der Waals surface area contributed by atoms with Crippen molar-refractivity contribution in [3.63, 3.8) is 0 Å². The van der Waals surface area contributed by atoms with E-state index in [2.05, 4.69) is 24.8 Å². The first-order valence-electron chi connectivity index (χ1n) is 8.15. The molecule has 3 atom stereocenters. The van der Waals surface area contributed by atoms with E-state index in [-0.39, 0.29) is 5.54 Å². The van der Waals surface area contributed by atoms with Crippen LogP contribution >= 0.6 is 0 Å². The van der Waals surface area contributed by atoms with E-state index in [0.717, 1.165) is 30.8 Å². The summed E-state index contributed by atoms with van der Waals surface area (Å²) >= 11 is 0. The molecule has 2 fully saturated rings. The predicted molar refractivity (Wildman–Crippen MR) is 81.2 cm³/mol. The van der Waals surface area contributed by atoms with E-state index in [4.69, 9.17) is 10.2 Å². The Labute approximate surface area is 122 Å². The first-order valence-corrected chi connectivity index (χ1v) is 8.15. The molecule has 2 aliphatic carbocycles. The highest BCUT2D eigenvalue weighted by Crippen LogP contribution is 2.45. The smallest absolute Gasteiger partial charge is 0.117 e. The lowest BCUT2D eigenvalue weighted by Crippen LogP contribution is -2.60. The summed E-state index contributed by atoms with van der Waals surface area (Å²) in [5.74, 6) is 2.59. The van der Waals surface area contributed by atoms with Crippen LogP contribution in [-0.4, -0.2) is 23.0 Å². The third-order valence-electron chi connectivity index (χ3n) is 5.56. The molecule has 3 nitrogen and oxygen atoms in total. The second kappa shape index (κ2) is 5.53. The molecule has 3 unspecified atom stereocenters. The Balaban J connectivity index is 1.83. The van der Waals surface area contributed by atoms with E-state index in [0.29, 0.717) is 5.92 Å². The molecule has 0 amide bonds. The van der Waals surface area contributed by atoms with Gasteiger partial charge in [0.25, 0.3) is 0 Å². The van der Waals surface area contributed by atoms with Gasteiger partial charge in [-0.25, -0.2) is 0 Å². The van der Waals surface area contributed by atoms with Crippen LogP contribution in [0.15, 0.2) is 22.8 Å². The topological polar surface area (TPSA) is 42.4 Å². The second-order valence-corrected chi connectivity index (χ2v) is 7.03. The van der Waals surface area contributed by atoms with Crippen molar-refractivity contribution in [2.24, 2.45) is 17.6 Å². The molecule has 20 heavy (non-hydrogen) atoms. The molecular formula is C17H28N2O. The predicted octanol–water partition coefficient (Wildman–Crippen LogP) is 3.40. The standard InChI is InChI=1S/C17H28N2O/c1-13-7-8-17(12-18,14(2)10-13)19(15-5-6-15)11-16-4-3-9-20-16/h3-4,9,13-15H,5-8,10-12,18H2,1-2H3. The van der Waals surface area contributed by atoms with E-state index < -0.39 is 0 Å². The number of furan rings is 1. The van der Waals surface area contributed by atoms with Crippen molar-refractivity contribution in [3.8, 4) is 0 Å². The number of hydrogen-bond donors (Lipinski definition) is 1. The van der Waals surface area contributed by atoms with Crippen LogP contribution in [-0.2, 0) is 6.54 Å². The van der Waals surface area contributed by atoms with E-state index in [9.17, 15) is 0 Å². The van der Waals surface area contributed by atoms with Crippen LogP contribution in [0.1, 0.15) is 51.7 Å². The Morgan fingerprint density at radius 2 is 2.15 bits per heavy atom. The van der Waals surface area contributed by atoms with Crippen LogP contribution in [0.2, 0.25) is 0 Å². The van der Waals surface area contributed by atoms with Gasteiger partial charge < -0.3 is 10.2 Å². The summed E-state index contributed by atoms with van der Waals surface area (Å²) in [5.41, 5.74) is 6.48. The highest BCUT2D eigenvalue weighted by atomic mass is 16.3. The molecule has 1 aromatic rings. The van der Waals surface area contributed by atoms with E-state index in [1.807, 2.05) is 6.07 Å². The Bertz CT molecular complexity index is 426. The average molecular weight is 276 g/mol. The molecule has 0 saturated heterocycles. The highest BCUT2D eigenvalue weighted by Gasteiger charge is 2.48. The lowest BCUT2D eigenvalue weighted by atomic mass is 9.68. The third kappa shape index (κ3) is 2.53. The lowest BCUT2D eigenvalue weighted by molar-refractivity contribution is -0.0164. The van der Waals surface area contributed by atoms with Crippen LogP contribution in [0.25, 0.3) is 0 Å². The van der Waals surface area contributed by atoms with Crippen molar-refractivity contribution in [1.82, 2.24) is 4.90 Å². The molecule has 3 heteroatoms. The third-order valence-corrected chi connectivity index (χ3v) is 5.56. The van der Waals surface area contributed by atoms with Gasteiger partial charge in [0.05, 0.1) is 12.8 Å². The maximum atomic E-state index is 6.30. The summed E-state index contributed by atoms with van der Waals surface area (Å²) in [7, 11) is 0. The molecule has 3 rings (SSSR count). The molecule has 2 saturated carbocycles. The van der Waals surface area contributed by atoms with Gasteiger partial charge in [0, 0.05) is 18.1 Å². The van der Waals surface area contributed by atoms with Gasteiger partial charge in [-0.1, -0.05) is 13.8 Å². The monoisotopic (exact) mass is 276 g/mol. The molecule has 2 N–H and O–H groups in total. The summed E-state index contributed by atoms with van der Waals surface area (Å²) in [4.78, 5) is 2.68. The Hall–Kier alpha value is -0.800. The van der Waals surface area contributed by atoms with Gasteiger partial charge >= 0.3 is 0 Å². The van der Waals surface area contributed by atoms with Crippen molar-refractivity contribution < 1.29 is 4.42 Å². The van der Waals surface area contributed by atoms with Gasteiger partial charge in [-0.2, -0.15) is 0 Å². The molecule has 0 radical (unpaired) electrons. The van der Waals surface area contributed by atoms with Crippen LogP contribution in [0, 0.1) is 11.8 Å². The Kier molecular flexibility index (Phi) is 3.91. The van der Waals surface area contributed by atoms with Gasteiger partial charge in [0.2, 0.25) is 0 Å². The number of hydrogen-bond acceptors (Lipinski definition) is 3. The minimum Gasteiger partial charge on any atom is -0.468 e. The van der Waals surface area contributed by atoms with Gasteiger partial charge in [-0.3, -0.25) is 4.90 Å². The fraction of sp³-hybridized carbons (Fsp3) is 0.765. The zero-order valence-corrected chi connectivity index (χ0v) is 12.8. The molecule has 112 valence electrons. The fourth-order valence-corrected chi connectivity index (χ4v) is 4.14. The van der Waals surface area contributed by atoms with Gasteiger partial charge in [0.1, 0.15) is 5.76 Å². The van der Waals surface area contributed by atoms with Crippen molar-refractivity contribution in [3.05, 3.63) is 24.2 Å². The number of rotatable bonds is 5. The molecule has 1 aromatic heterocycles. The maximum Gasteiger partial charge on any atom is 0.117 e. The number of nitrogens with zero attached hydrogens (tertiary/aromatic N) is 1. The summed E-state index contributed by atoms with van der Waals surface area (Å²) < 4.78 is 5.60. The summed E-state index contributed by atoms with van der Waals surface area (Å²) in [5, 5.41) is 0. The minimum absolute atomic E-state index is 0.181. The van der Waals surface area contributed by atoms with Crippen LogP contribution in [0.3, 0.4) is 0 Å². The van der Waals surface area contributed by atoms with Crippen molar-refractivity contribution in [2.45, 2.75) is 64.1 Å². The zero-order chi connectivity index (χ0) is 14.2. The molecule has 2 aliphatic rings. The summed E-state index contributed by atoms with van der Waals surface area (Å²) in [6.45, 7) is 6.48. The molecule has 1 heterocycles. The Morgan fingerprint density at radius 1 is 1.35 bits per heavy atom. The van der Waals surface area contributed by atoms with E-state index in [1.54, 1.807) is 6.26 Å². The molecule has 0 spiro atoms. The molecular weight excluding hydrogens is 248 g/mol. The molecule has 0 bridgehead atoms. The van der Waals surface area contributed by atoms with Gasteiger partial charge in [-0.15, -0.1) is 0 Å². The minimum atomic E-state index is 0.181. The summed E-state index contributed by atoms with van der Waals surface area (Å²) in [6.07, 6.45) is 8.28. The largest absolute Gasteiger partial charge is 0.468 e. The van der Waals surface area contributed by atoms with Gasteiger partial charge in [-0.05, 0) is 56.1 Å². The van der Waals surface area contributed by atoms with Crippen LogP contribution in [0.5, 0.6) is 0 Å². The van der Waals surface area contributed by atoms with Crippen LogP contribution < -0.4 is 5.73 Å². The van der Waals surface area contributed by atoms with E-state index >= 15 is 0 Å². The van der Waals surface area contributed by atoms with Crippen molar-refractivity contribution in [1.29, 1.82) is 0 Å². The zero-order valence-electron chi connectivity index (χ0n) is 12.8. The van der Waals surface area contributed by atoms with Crippen LogP contribution in [0.4, 0.5) is 0 Å². The first kappa shape index (κ1) is 14.2. The second-order valence-electron chi connectivity index (χ2n) is 7.03. The Morgan fingerprint density at radius 3 is 2.70 bits per heavy atom. The quantitative estimate of drug-likeness (QED) is 0.896. The van der Waals surface area contributed by atoms with Crippen molar-refractivity contribution in [2.75, 3.05) is 6.54 Å². The normalized spacial score (nSPS) is 34.6. The molecule has 0 aliphatic heterocycles. The van der Waals surface area contributed by atoms with E-state index in [1.165, 1.54) is 32.1 Å². The first-order chi connectivity index (χ1) is 9.65. The molecule has 0 aromatic carbocycles. The summed E-state index contributed by atoms with van der Waals surface area (Å²) in [6, 6.07) is 4.80. The van der Waals surface area contributed by atoms with Gasteiger partial charge in [0.15, 0.2) is 0 Å². The average Bonchev–Trinajstić information content (AvgIpc) is 3.15. The SMILES string of the molecule is CC1CCC(CN)(N(Cc2ccco2)C2CC2)C(C)C1. The van der Waals surface area contributed by atoms with Crippen molar-refractivity contribution >= 4 is 0 Å². The number of nitrogens with two attached hydrogens (primary N) is 1. The lowest BCUT2D eigenvalue weighted by Gasteiger charge is -2.51.